The molecule has 0 aromatic heterocycles. The molecule has 0 radical (unpaired) electrons. The Labute approximate surface area is 134 Å². The van der Waals surface area contributed by atoms with E-state index in [2.05, 4.69) is 4.90 Å². The number of ketones is 1. The Morgan fingerprint density at radius 2 is 1.73 bits per heavy atom. The molecular weight excluding hydrogens is 301 g/mol. The van der Waals surface area contributed by atoms with Gasteiger partial charge < -0.3 is 0 Å². The molecule has 1 saturated heterocycles. The Hall–Kier alpha value is -1.71. The molecule has 0 atom stereocenters. The normalized spacial score (nSPS) is 16.0. The van der Waals surface area contributed by atoms with Crippen LogP contribution < -0.4 is 0 Å². The minimum Gasteiger partial charge on any atom is -0.300 e. The number of hydrogen-bond donors (Lipinski definition) is 0. The Morgan fingerprint density at radius 1 is 1.05 bits per heavy atom. The van der Waals surface area contributed by atoms with Crippen molar-refractivity contribution < 1.29 is 9.18 Å². The molecule has 1 aliphatic rings. The summed E-state index contributed by atoms with van der Waals surface area (Å²) in [6.45, 7) is 2.28. The van der Waals surface area contributed by atoms with Gasteiger partial charge in [0, 0.05) is 37.5 Å². The Morgan fingerprint density at radius 3 is 2.41 bits per heavy atom. The lowest BCUT2D eigenvalue weighted by molar-refractivity contribution is -0.121. The van der Waals surface area contributed by atoms with E-state index in [0.29, 0.717) is 23.6 Å². The maximum absolute atomic E-state index is 13.7. The number of carbonyl (C=O) groups excluding carboxylic acids is 1. The predicted octanol–water partition coefficient (Wildman–Crippen LogP) is 4.31. The van der Waals surface area contributed by atoms with Gasteiger partial charge in [-0.3, -0.25) is 9.69 Å². The Kier molecular flexibility index (Phi) is 4.55. The second-order valence-electron chi connectivity index (χ2n) is 5.62. The van der Waals surface area contributed by atoms with Gasteiger partial charge in [-0.1, -0.05) is 29.8 Å². The van der Waals surface area contributed by atoms with Crippen molar-refractivity contribution in [1.29, 1.82) is 0 Å². The van der Waals surface area contributed by atoms with Crippen molar-refractivity contribution in [3.63, 3.8) is 0 Å². The van der Waals surface area contributed by atoms with E-state index in [0.717, 1.165) is 36.3 Å². The second kappa shape index (κ2) is 6.59. The monoisotopic (exact) mass is 317 g/mol. The van der Waals surface area contributed by atoms with Crippen LogP contribution in [0.25, 0.3) is 11.1 Å². The summed E-state index contributed by atoms with van der Waals surface area (Å²) >= 11 is 5.93. The molecule has 0 amide bonds. The summed E-state index contributed by atoms with van der Waals surface area (Å²) in [5.41, 5.74) is 2.90. The van der Waals surface area contributed by atoms with E-state index < -0.39 is 0 Å². The molecule has 1 heterocycles. The zero-order chi connectivity index (χ0) is 15.5. The summed E-state index contributed by atoms with van der Waals surface area (Å²) in [6.07, 6.45) is 1.22. The number of rotatable bonds is 3. The third-order valence-electron chi connectivity index (χ3n) is 4.03. The van der Waals surface area contributed by atoms with E-state index in [1.165, 1.54) is 6.07 Å². The van der Waals surface area contributed by atoms with Crippen LogP contribution in [-0.4, -0.2) is 23.8 Å². The average molecular weight is 318 g/mol. The summed E-state index contributed by atoms with van der Waals surface area (Å²) in [6, 6.07) is 12.3. The van der Waals surface area contributed by atoms with Gasteiger partial charge in [0.15, 0.2) is 0 Å². The van der Waals surface area contributed by atoms with Crippen LogP contribution in [0.5, 0.6) is 0 Å². The third kappa shape index (κ3) is 3.54. The van der Waals surface area contributed by atoms with Crippen LogP contribution in [0, 0.1) is 5.82 Å². The minimum absolute atomic E-state index is 0.248. The van der Waals surface area contributed by atoms with Crippen molar-refractivity contribution in [2.45, 2.75) is 19.4 Å². The van der Waals surface area contributed by atoms with E-state index in [9.17, 15) is 9.18 Å². The van der Waals surface area contributed by atoms with Crippen molar-refractivity contribution in [3.8, 4) is 11.1 Å². The highest BCUT2D eigenvalue weighted by Gasteiger charge is 2.17. The number of nitrogens with zero attached hydrogens (tertiary/aromatic N) is 1. The first-order valence-electron chi connectivity index (χ1n) is 7.40. The lowest BCUT2D eigenvalue weighted by Gasteiger charge is -2.26. The molecule has 0 spiro atoms. The van der Waals surface area contributed by atoms with Crippen LogP contribution in [0.4, 0.5) is 4.39 Å². The van der Waals surface area contributed by atoms with Gasteiger partial charge in [0.2, 0.25) is 0 Å². The summed E-state index contributed by atoms with van der Waals surface area (Å²) < 4.78 is 13.7. The maximum Gasteiger partial charge on any atom is 0.135 e. The van der Waals surface area contributed by atoms with Crippen molar-refractivity contribution in [1.82, 2.24) is 4.90 Å². The van der Waals surface area contributed by atoms with E-state index in [1.807, 2.05) is 30.3 Å². The highest BCUT2D eigenvalue weighted by molar-refractivity contribution is 6.30. The lowest BCUT2D eigenvalue weighted by Crippen LogP contribution is -2.33. The molecule has 0 bridgehead atoms. The number of hydrogen-bond acceptors (Lipinski definition) is 2. The number of likely N-dealkylation sites (tertiary alicyclic amines) is 1. The van der Waals surface area contributed by atoms with Crippen LogP contribution in [-0.2, 0) is 11.3 Å². The highest BCUT2D eigenvalue weighted by atomic mass is 35.5. The van der Waals surface area contributed by atoms with E-state index in [4.69, 9.17) is 11.6 Å². The molecular formula is C18H17ClFNO. The maximum atomic E-state index is 13.7. The quantitative estimate of drug-likeness (QED) is 0.840. The van der Waals surface area contributed by atoms with Gasteiger partial charge in [-0.25, -0.2) is 4.39 Å². The molecule has 2 nitrogen and oxygen atoms in total. The molecule has 2 aromatic rings. The fraction of sp³-hybridized carbons (Fsp3) is 0.278. The van der Waals surface area contributed by atoms with E-state index in [1.54, 1.807) is 6.07 Å². The topological polar surface area (TPSA) is 20.3 Å². The smallest absolute Gasteiger partial charge is 0.135 e. The molecule has 22 heavy (non-hydrogen) atoms. The van der Waals surface area contributed by atoms with Crippen molar-refractivity contribution >= 4 is 17.4 Å². The summed E-state index contributed by atoms with van der Waals surface area (Å²) in [7, 11) is 0. The SMILES string of the molecule is O=C1CCN(Cc2ccc(F)cc2-c2ccc(Cl)cc2)CC1. The molecule has 1 aliphatic heterocycles. The zero-order valence-corrected chi connectivity index (χ0v) is 12.9. The van der Waals surface area contributed by atoms with Gasteiger partial charge in [-0.15, -0.1) is 0 Å². The molecule has 3 rings (SSSR count). The molecule has 0 N–H and O–H groups in total. The van der Waals surface area contributed by atoms with Crippen LogP contribution in [0.1, 0.15) is 18.4 Å². The van der Waals surface area contributed by atoms with Gasteiger partial charge in [-0.05, 0) is 41.0 Å². The fourth-order valence-corrected chi connectivity index (χ4v) is 2.91. The summed E-state index contributed by atoms with van der Waals surface area (Å²) in [5.74, 6) is 0.0794. The standard InChI is InChI=1S/C18H17ClFNO/c19-15-4-1-13(2-5-15)18-11-16(20)6-3-14(18)12-21-9-7-17(22)8-10-21/h1-6,11H,7-10,12H2. The summed E-state index contributed by atoms with van der Waals surface area (Å²) in [5, 5.41) is 0.663. The van der Waals surface area contributed by atoms with E-state index in [-0.39, 0.29) is 5.82 Å². The number of benzene rings is 2. The molecule has 0 unspecified atom stereocenters. The van der Waals surface area contributed by atoms with E-state index >= 15 is 0 Å². The molecule has 4 heteroatoms. The zero-order valence-electron chi connectivity index (χ0n) is 12.2. The Bertz CT molecular complexity index is 674. The van der Waals surface area contributed by atoms with Crippen LogP contribution >= 0.6 is 11.6 Å². The van der Waals surface area contributed by atoms with Gasteiger partial charge in [0.05, 0.1) is 0 Å². The highest BCUT2D eigenvalue weighted by Crippen LogP contribution is 2.27. The van der Waals surface area contributed by atoms with Crippen molar-refractivity contribution in [2.75, 3.05) is 13.1 Å². The van der Waals surface area contributed by atoms with Crippen molar-refractivity contribution in [3.05, 3.63) is 58.9 Å². The lowest BCUT2D eigenvalue weighted by atomic mass is 9.98. The number of Topliss-reactive ketones (excluding diaryl/α,β-unsaturated/α-hetero) is 1. The molecule has 1 fully saturated rings. The Balaban J connectivity index is 1.87. The minimum atomic E-state index is -0.248. The molecule has 0 saturated carbocycles. The number of carbonyl (C=O) groups is 1. The van der Waals surface area contributed by atoms with Gasteiger partial charge in [0.25, 0.3) is 0 Å². The van der Waals surface area contributed by atoms with Gasteiger partial charge in [0.1, 0.15) is 11.6 Å². The molecule has 114 valence electrons. The number of halogens is 2. The molecule has 2 aromatic carbocycles. The number of piperidine rings is 1. The van der Waals surface area contributed by atoms with Crippen molar-refractivity contribution in [2.24, 2.45) is 0 Å². The largest absolute Gasteiger partial charge is 0.300 e. The average Bonchev–Trinajstić information content (AvgIpc) is 2.52. The van der Waals surface area contributed by atoms with Crippen LogP contribution in [0.3, 0.4) is 0 Å². The second-order valence-corrected chi connectivity index (χ2v) is 6.06. The van der Waals surface area contributed by atoms with Gasteiger partial charge >= 0.3 is 0 Å². The fourth-order valence-electron chi connectivity index (χ4n) is 2.79. The predicted molar refractivity (Wildman–Crippen MR) is 86.4 cm³/mol. The first-order chi connectivity index (χ1) is 10.6. The van der Waals surface area contributed by atoms with Gasteiger partial charge in [-0.2, -0.15) is 0 Å². The first-order valence-corrected chi connectivity index (χ1v) is 7.78. The molecule has 0 aliphatic carbocycles. The third-order valence-corrected chi connectivity index (χ3v) is 4.29. The van der Waals surface area contributed by atoms with Crippen LogP contribution in [0.2, 0.25) is 5.02 Å². The summed E-state index contributed by atoms with van der Waals surface area (Å²) in [4.78, 5) is 13.6. The van der Waals surface area contributed by atoms with Crippen LogP contribution in [0.15, 0.2) is 42.5 Å². The first kappa shape index (κ1) is 15.2.